The first-order valence-corrected chi connectivity index (χ1v) is 10.3. The minimum absolute atomic E-state index is 0.0831. The number of hydrogen-bond donors (Lipinski definition) is 2. The summed E-state index contributed by atoms with van der Waals surface area (Å²) in [5.41, 5.74) is 4.14. The molecule has 0 unspecified atom stereocenters. The van der Waals surface area contributed by atoms with Crippen molar-refractivity contribution < 1.29 is 15.0 Å². The van der Waals surface area contributed by atoms with E-state index in [0.717, 1.165) is 22.3 Å². The van der Waals surface area contributed by atoms with Crippen molar-refractivity contribution in [3.63, 3.8) is 0 Å². The molecular weight excluding hydrogens is 380 g/mol. The number of benzene rings is 2. The van der Waals surface area contributed by atoms with Gasteiger partial charge in [0.2, 0.25) is 5.12 Å². The Morgan fingerprint density at radius 2 is 1.70 bits per heavy atom. The third-order valence-electron chi connectivity index (χ3n) is 5.61. The summed E-state index contributed by atoms with van der Waals surface area (Å²) in [7, 11) is 0. The first-order chi connectivity index (χ1) is 12.9. The molecule has 0 amide bonds. The molecule has 1 fully saturated rings. The van der Waals surface area contributed by atoms with Crippen LogP contribution < -0.4 is 0 Å². The van der Waals surface area contributed by atoms with Crippen molar-refractivity contribution in [1.29, 1.82) is 0 Å². The Morgan fingerprint density at radius 1 is 1.07 bits per heavy atom. The highest BCUT2D eigenvalue weighted by Gasteiger charge is 2.49. The number of thioether (sulfide) groups is 1. The Kier molecular flexibility index (Phi) is 4.83. The maximum atomic E-state index is 12.8. The van der Waals surface area contributed by atoms with Crippen molar-refractivity contribution in [3.05, 3.63) is 64.4 Å². The second-order valence-corrected chi connectivity index (χ2v) is 9.17. The van der Waals surface area contributed by atoms with Crippen LogP contribution in [0.15, 0.2) is 48.2 Å². The van der Waals surface area contributed by atoms with Crippen LogP contribution >= 0.6 is 23.4 Å². The SMILES string of the molecule is Cc1ccc(-c2ccc(Cl)cc2)cc1C1=C(O)C2(CCC(O)CC2)SC1=O. The summed E-state index contributed by atoms with van der Waals surface area (Å²) in [6.07, 6.45) is 2.13. The summed E-state index contributed by atoms with van der Waals surface area (Å²) in [6, 6.07) is 13.5. The van der Waals surface area contributed by atoms with Gasteiger partial charge in [0.1, 0.15) is 5.76 Å². The molecular formula is C22H21ClO3S. The second kappa shape index (κ2) is 7.01. The predicted octanol–water partition coefficient (Wildman–Crippen LogP) is 5.53. The minimum Gasteiger partial charge on any atom is -0.510 e. The Labute approximate surface area is 168 Å². The molecule has 5 heteroatoms. The molecule has 3 nitrogen and oxygen atoms in total. The van der Waals surface area contributed by atoms with E-state index < -0.39 is 4.75 Å². The molecule has 2 N–H and O–H groups in total. The van der Waals surface area contributed by atoms with Crippen LogP contribution in [0.4, 0.5) is 0 Å². The maximum Gasteiger partial charge on any atom is 0.224 e. The molecule has 2 aliphatic rings. The van der Waals surface area contributed by atoms with Gasteiger partial charge in [0.05, 0.1) is 16.4 Å². The molecule has 4 rings (SSSR count). The standard InChI is InChI=1S/C22H21ClO3S/c1-13-2-3-15(14-4-6-16(23)7-5-14)12-18(13)19-20(25)22(27-21(19)26)10-8-17(24)9-11-22/h2-7,12,17,24-25H,8-11H2,1H3. The van der Waals surface area contributed by atoms with Crippen molar-refractivity contribution in [2.75, 3.05) is 0 Å². The highest BCUT2D eigenvalue weighted by molar-refractivity contribution is 8.16. The van der Waals surface area contributed by atoms with Crippen molar-refractivity contribution in [1.82, 2.24) is 0 Å². The van der Waals surface area contributed by atoms with Crippen LogP contribution in [0.1, 0.15) is 36.8 Å². The van der Waals surface area contributed by atoms with E-state index in [4.69, 9.17) is 11.6 Å². The fourth-order valence-corrected chi connectivity index (χ4v) is 5.39. The topological polar surface area (TPSA) is 57.5 Å². The molecule has 1 heterocycles. The molecule has 27 heavy (non-hydrogen) atoms. The first kappa shape index (κ1) is 18.6. The van der Waals surface area contributed by atoms with Gasteiger partial charge >= 0.3 is 0 Å². The predicted molar refractivity (Wildman–Crippen MR) is 111 cm³/mol. The zero-order valence-electron chi connectivity index (χ0n) is 15.0. The van der Waals surface area contributed by atoms with Crippen LogP contribution in [0, 0.1) is 6.92 Å². The van der Waals surface area contributed by atoms with Gasteiger partial charge < -0.3 is 10.2 Å². The third kappa shape index (κ3) is 3.31. The second-order valence-electron chi connectivity index (χ2n) is 7.38. The van der Waals surface area contributed by atoms with E-state index in [0.29, 0.717) is 36.3 Å². The number of carbonyl (C=O) groups is 1. The Balaban J connectivity index is 1.78. The Morgan fingerprint density at radius 3 is 2.37 bits per heavy atom. The fourth-order valence-electron chi connectivity index (χ4n) is 3.96. The highest BCUT2D eigenvalue weighted by atomic mass is 35.5. The number of aryl methyl sites for hydroxylation is 1. The normalized spacial score (nSPS) is 25.4. The monoisotopic (exact) mass is 400 g/mol. The summed E-state index contributed by atoms with van der Waals surface area (Å²) >= 11 is 7.21. The molecule has 0 radical (unpaired) electrons. The third-order valence-corrected chi connectivity index (χ3v) is 7.24. The van der Waals surface area contributed by atoms with E-state index >= 15 is 0 Å². The summed E-state index contributed by atoms with van der Waals surface area (Å²) in [5.74, 6) is 0.181. The number of aliphatic hydroxyl groups excluding tert-OH is 2. The molecule has 1 spiro atoms. The summed E-state index contributed by atoms with van der Waals surface area (Å²) in [6.45, 7) is 1.95. The van der Waals surface area contributed by atoms with Gasteiger partial charge in [-0.15, -0.1) is 0 Å². The van der Waals surface area contributed by atoms with E-state index in [1.807, 2.05) is 49.4 Å². The number of hydrogen-bond acceptors (Lipinski definition) is 4. The molecule has 0 saturated heterocycles. The van der Waals surface area contributed by atoms with Gasteiger partial charge in [0.15, 0.2) is 0 Å². The molecule has 0 bridgehead atoms. The smallest absolute Gasteiger partial charge is 0.224 e. The Bertz CT molecular complexity index is 925. The molecule has 1 aliphatic heterocycles. The average Bonchev–Trinajstić information content (AvgIpc) is 2.89. The molecule has 140 valence electrons. The maximum absolute atomic E-state index is 12.8. The fraction of sp³-hybridized carbons (Fsp3) is 0.318. The summed E-state index contributed by atoms with van der Waals surface area (Å²) < 4.78 is -0.575. The average molecular weight is 401 g/mol. The van der Waals surface area contributed by atoms with Gasteiger partial charge in [0.25, 0.3) is 0 Å². The lowest BCUT2D eigenvalue weighted by molar-refractivity contribution is -0.106. The van der Waals surface area contributed by atoms with E-state index in [1.54, 1.807) is 0 Å². The van der Waals surface area contributed by atoms with Gasteiger partial charge in [-0.1, -0.05) is 47.6 Å². The van der Waals surface area contributed by atoms with E-state index in [2.05, 4.69) is 0 Å². The van der Waals surface area contributed by atoms with Gasteiger partial charge in [-0.25, -0.2) is 0 Å². The molecule has 1 saturated carbocycles. The molecule has 0 atom stereocenters. The van der Waals surface area contributed by atoms with Crippen LogP contribution in [-0.4, -0.2) is 26.2 Å². The van der Waals surface area contributed by atoms with E-state index in [1.165, 1.54) is 11.8 Å². The lowest BCUT2D eigenvalue weighted by atomic mass is 9.83. The van der Waals surface area contributed by atoms with Crippen LogP contribution in [-0.2, 0) is 4.79 Å². The molecule has 0 aromatic heterocycles. The first-order valence-electron chi connectivity index (χ1n) is 9.12. The lowest BCUT2D eigenvalue weighted by Gasteiger charge is -2.33. The van der Waals surface area contributed by atoms with Crippen LogP contribution in [0.5, 0.6) is 0 Å². The van der Waals surface area contributed by atoms with Crippen LogP contribution in [0.3, 0.4) is 0 Å². The van der Waals surface area contributed by atoms with Crippen molar-refractivity contribution in [2.45, 2.75) is 43.5 Å². The molecule has 2 aromatic rings. The van der Waals surface area contributed by atoms with Gasteiger partial charge in [-0.2, -0.15) is 0 Å². The largest absolute Gasteiger partial charge is 0.510 e. The Hall–Kier alpha value is -1.75. The van der Waals surface area contributed by atoms with Gasteiger partial charge in [-0.05, 0) is 73.1 Å². The quantitative estimate of drug-likeness (QED) is 0.695. The van der Waals surface area contributed by atoms with Gasteiger partial charge in [0, 0.05) is 5.02 Å². The van der Waals surface area contributed by atoms with Crippen molar-refractivity contribution >= 4 is 34.1 Å². The zero-order valence-corrected chi connectivity index (χ0v) is 16.6. The summed E-state index contributed by atoms with van der Waals surface area (Å²) in [5, 5.41) is 21.4. The summed E-state index contributed by atoms with van der Waals surface area (Å²) in [4.78, 5) is 12.8. The zero-order chi connectivity index (χ0) is 19.2. The van der Waals surface area contributed by atoms with Crippen molar-refractivity contribution in [2.24, 2.45) is 0 Å². The molecule has 2 aromatic carbocycles. The number of carbonyl (C=O) groups excluding carboxylic acids is 1. The lowest BCUT2D eigenvalue weighted by Crippen LogP contribution is -2.33. The van der Waals surface area contributed by atoms with Crippen molar-refractivity contribution in [3.8, 4) is 11.1 Å². The number of aliphatic hydroxyl groups is 2. The number of rotatable bonds is 2. The van der Waals surface area contributed by atoms with Crippen LogP contribution in [0.2, 0.25) is 5.02 Å². The minimum atomic E-state index is -0.575. The molecule has 1 aliphatic carbocycles. The van der Waals surface area contributed by atoms with Crippen LogP contribution in [0.25, 0.3) is 16.7 Å². The highest BCUT2D eigenvalue weighted by Crippen LogP contribution is 2.54. The van der Waals surface area contributed by atoms with Gasteiger partial charge in [-0.3, -0.25) is 4.79 Å². The van der Waals surface area contributed by atoms with E-state index in [-0.39, 0.29) is 17.0 Å². The van der Waals surface area contributed by atoms with E-state index in [9.17, 15) is 15.0 Å². The number of halogens is 1.